The summed E-state index contributed by atoms with van der Waals surface area (Å²) in [5, 5.41) is 3.46. The Labute approximate surface area is 102 Å². The van der Waals surface area contributed by atoms with Gasteiger partial charge in [-0.2, -0.15) is 0 Å². The van der Waals surface area contributed by atoms with Crippen molar-refractivity contribution in [2.75, 3.05) is 16.8 Å². The Morgan fingerprint density at radius 1 is 1.35 bits per heavy atom. The summed E-state index contributed by atoms with van der Waals surface area (Å²) in [4.78, 5) is 2.42. The Kier molecular flexibility index (Phi) is 2.32. The van der Waals surface area contributed by atoms with Crippen LogP contribution in [0.5, 0.6) is 0 Å². The molecule has 3 rings (SSSR count). The van der Waals surface area contributed by atoms with Gasteiger partial charge in [-0.05, 0) is 51.3 Å². The summed E-state index contributed by atoms with van der Waals surface area (Å²) >= 11 is 0. The van der Waals surface area contributed by atoms with Crippen molar-refractivity contribution in [3.63, 3.8) is 0 Å². The number of fused-ring (bicyclic) bond motifs is 1. The van der Waals surface area contributed by atoms with Gasteiger partial charge in [-0.15, -0.1) is 0 Å². The third-order valence-electron chi connectivity index (χ3n) is 4.14. The number of hydrogen-bond acceptors (Lipinski definition) is 2. The molecule has 0 bridgehead atoms. The molecule has 1 aliphatic heterocycles. The Balaban J connectivity index is 2.08. The van der Waals surface area contributed by atoms with E-state index in [1.807, 2.05) is 6.07 Å². The van der Waals surface area contributed by atoms with Crippen molar-refractivity contribution < 1.29 is 4.39 Å². The maximum absolute atomic E-state index is 13.5. The van der Waals surface area contributed by atoms with Crippen LogP contribution in [0.15, 0.2) is 18.2 Å². The molecule has 0 amide bonds. The molecule has 1 heterocycles. The topological polar surface area (TPSA) is 15.3 Å². The van der Waals surface area contributed by atoms with Gasteiger partial charge in [-0.3, -0.25) is 0 Å². The second-order valence-electron chi connectivity index (χ2n) is 5.56. The molecule has 1 aliphatic carbocycles. The van der Waals surface area contributed by atoms with Gasteiger partial charge in [0.05, 0.1) is 16.9 Å². The SMILES string of the molecule is CC(C)N1c2cc(F)ccc2NCC12CCC2. The van der Waals surface area contributed by atoms with E-state index in [-0.39, 0.29) is 11.4 Å². The van der Waals surface area contributed by atoms with Crippen molar-refractivity contribution in [3.05, 3.63) is 24.0 Å². The van der Waals surface area contributed by atoms with Gasteiger partial charge in [-0.25, -0.2) is 4.39 Å². The molecule has 3 heteroatoms. The van der Waals surface area contributed by atoms with E-state index in [9.17, 15) is 4.39 Å². The Morgan fingerprint density at radius 2 is 2.12 bits per heavy atom. The van der Waals surface area contributed by atoms with Gasteiger partial charge in [0, 0.05) is 12.6 Å². The van der Waals surface area contributed by atoms with E-state index in [0.717, 1.165) is 17.9 Å². The molecule has 1 saturated carbocycles. The Morgan fingerprint density at radius 3 is 2.71 bits per heavy atom. The molecule has 17 heavy (non-hydrogen) atoms. The maximum Gasteiger partial charge on any atom is 0.125 e. The molecule has 0 saturated heterocycles. The van der Waals surface area contributed by atoms with Gasteiger partial charge >= 0.3 is 0 Å². The van der Waals surface area contributed by atoms with Crippen LogP contribution < -0.4 is 10.2 Å². The molecular formula is C14H19FN2. The first-order valence-corrected chi connectivity index (χ1v) is 6.45. The van der Waals surface area contributed by atoms with Crippen molar-refractivity contribution in [2.24, 2.45) is 0 Å². The van der Waals surface area contributed by atoms with Crippen molar-refractivity contribution >= 4 is 11.4 Å². The van der Waals surface area contributed by atoms with Crippen LogP contribution in [0.3, 0.4) is 0 Å². The first-order valence-electron chi connectivity index (χ1n) is 6.45. The zero-order valence-electron chi connectivity index (χ0n) is 10.5. The summed E-state index contributed by atoms with van der Waals surface area (Å²) in [5.41, 5.74) is 2.33. The van der Waals surface area contributed by atoms with Crippen LogP contribution in [0.2, 0.25) is 0 Å². The van der Waals surface area contributed by atoms with Gasteiger partial charge in [0.2, 0.25) is 0 Å². The predicted octanol–water partition coefficient (Wildman–Crippen LogP) is 3.39. The standard InChI is InChI=1S/C14H19FN2/c1-10(2)17-13-8-11(15)4-5-12(13)16-9-14(17)6-3-7-14/h4-5,8,10,16H,3,6-7,9H2,1-2H3. The molecule has 1 N–H and O–H groups in total. The maximum atomic E-state index is 13.5. The highest BCUT2D eigenvalue weighted by atomic mass is 19.1. The molecule has 1 fully saturated rings. The van der Waals surface area contributed by atoms with Crippen molar-refractivity contribution in [1.82, 2.24) is 0 Å². The number of nitrogens with one attached hydrogen (secondary N) is 1. The minimum absolute atomic E-state index is 0.146. The zero-order chi connectivity index (χ0) is 12.0. The van der Waals surface area contributed by atoms with Gasteiger partial charge in [0.25, 0.3) is 0 Å². The fourth-order valence-electron chi connectivity index (χ4n) is 3.28. The third-order valence-corrected chi connectivity index (χ3v) is 4.14. The molecule has 1 aromatic rings. The molecule has 0 unspecified atom stereocenters. The summed E-state index contributed by atoms with van der Waals surface area (Å²) in [5.74, 6) is -0.146. The minimum Gasteiger partial charge on any atom is -0.381 e. The van der Waals surface area contributed by atoms with Crippen molar-refractivity contribution in [1.29, 1.82) is 0 Å². The summed E-state index contributed by atoms with van der Waals surface area (Å²) in [6.45, 7) is 5.38. The molecule has 1 aromatic carbocycles. The zero-order valence-corrected chi connectivity index (χ0v) is 10.5. The lowest BCUT2D eigenvalue weighted by molar-refractivity contribution is 0.226. The fraction of sp³-hybridized carbons (Fsp3) is 0.571. The van der Waals surface area contributed by atoms with E-state index in [2.05, 4.69) is 24.1 Å². The Hall–Kier alpha value is -1.25. The van der Waals surface area contributed by atoms with Gasteiger partial charge in [0.15, 0.2) is 0 Å². The van der Waals surface area contributed by atoms with E-state index >= 15 is 0 Å². The van der Waals surface area contributed by atoms with Crippen LogP contribution >= 0.6 is 0 Å². The van der Waals surface area contributed by atoms with Crippen LogP contribution in [0, 0.1) is 5.82 Å². The third kappa shape index (κ3) is 1.52. The van der Waals surface area contributed by atoms with Crippen LogP contribution in [0.4, 0.5) is 15.8 Å². The molecule has 0 aromatic heterocycles. The smallest absolute Gasteiger partial charge is 0.125 e. The summed E-state index contributed by atoms with van der Waals surface area (Å²) in [6, 6.07) is 5.47. The normalized spacial score (nSPS) is 21.1. The monoisotopic (exact) mass is 234 g/mol. The Bertz CT molecular complexity index is 438. The van der Waals surface area contributed by atoms with E-state index in [1.165, 1.54) is 25.3 Å². The lowest BCUT2D eigenvalue weighted by Gasteiger charge is -2.56. The summed E-state index contributed by atoms with van der Waals surface area (Å²) in [7, 11) is 0. The highest BCUT2D eigenvalue weighted by Crippen LogP contribution is 2.47. The number of rotatable bonds is 1. The molecule has 0 radical (unpaired) electrons. The largest absolute Gasteiger partial charge is 0.381 e. The summed E-state index contributed by atoms with van der Waals surface area (Å²) in [6.07, 6.45) is 3.72. The molecule has 92 valence electrons. The predicted molar refractivity (Wildman–Crippen MR) is 69.1 cm³/mol. The molecule has 2 aliphatic rings. The van der Waals surface area contributed by atoms with E-state index in [4.69, 9.17) is 0 Å². The average Bonchev–Trinajstić information content (AvgIpc) is 2.24. The van der Waals surface area contributed by atoms with Crippen LogP contribution in [-0.4, -0.2) is 18.1 Å². The fourth-order valence-corrected chi connectivity index (χ4v) is 3.28. The first-order chi connectivity index (χ1) is 8.12. The van der Waals surface area contributed by atoms with Gasteiger partial charge < -0.3 is 10.2 Å². The molecule has 0 atom stereocenters. The van der Waals surface area contributed by atoms with Gasteiger partial charge in [0.1, 0.15) is 5.82 Å². The average molecular weight is 234 g/mol. The lowest BCUT2D eigenvalue weighted by atomic mass is 9.73. The van der Waals surface area contributed by atoms with Crippen LogP contribution in [0.1, 0.15) is 33.1 Å². The van der Waals surface area contributed by atoms with E-state index in [0.29, 0.717) is 6.04 Å². The van der Waals surface area contributed by atoms with E-state index in [1.54, 1.807) is 6.07 Å². The molecular weight excluding hydrogens is 215 g/mol. The van der Waals surface area contributed by atoms with Crippen LogP contribution in [-0.2, 0) is 0 Å². The van der Waals surface area contributed by atoms with Crippen molar-refractivity contribution in [2.45, 2.75) is 44.7 Å². The number of hydrogen-bond donors (Lipinski definition) is 1. The van der Waals surface area contributed by atoms with Gasteiger partial charge in [-0.1, -0.05) is 0 Å². The van der Waals surface area contributed by atoms with Crippen molar-refractivity contribution in [3.8, 4) is 0 Å². The first kappa shape index (κ1) is 10.9. The molecule has 1 spiro atoms. The quantitative estimate of drug-likeness (QED) is 0.801. The lowest BCUT2D eigenvalue weighted by Crippen LogP contribution is -2.62. The minimum atomic E-state index is -0.146. The number of halogens is 1. The molecule has 2 nitrogen and oxygen atoms in total. The number of benzene rings is 1. The highest BCUT2D eigenvalue weighted by molar-refractivity contribution is 5.74. The van der Waals surface area contributed by atoms with E-state index < -0.39 is 0 Å². The second kappa shape index (κ2) is 3.62. The number of nitrogens with zero attached hydrogens (tertiary/aromatic N) is 1. The second-order valence-corrected chi connectivity index (χ2v) is 5.56. The van der Waals surface area contributed by atoms with Crippen LogP contribution in [0.25, 0.3) is 0 Å². The number of anilines is 2. The summed E-state index contributed by atoms with van der Waals surface area (Å²) < 4.78 is 13.5. The highest BCUT2D eigenvalue weighted by Gasteiger charge is 2.46.